The largest absolute Gasteiger partial charge is 0.573 e. The van der Waals surface area contributed by atoms with E-state index < -0.39 is 6.36 Å². The normalized spacial score (nSPS) is 14.1. The van der Waals surface area contributed by atoms with Crippen LogP contribution in [0.25, 0.3) is 0 Å². The topological polar surface area (TPSA) is 60.0 Å². The van der Waals surface area contributed by atoms with Crippen LogP contribution in [0.1, 0.15) is 11.1 Å². The van der Waals surface area contributed by atoms with Crippen LogP contribution in [0.4, 0.5) is 18.9 Å². The molecule has 1 heterocycles. The lowest BCUT2D eigenvalue weighted by atomic mass is 9.99. The van der Waals surface area contributed by atoms with E-state index in [1.165, 1.54) is 12.1 Å². The zero-order valence-electron chi connectivity index (χ0n) is 16.0. The van der Waals surface area contributed by atoms with Gasteiger partial charge in [0.25, 0.3) is 0 Å². The molecular formula is C20H21F3N2O4. The van der Waals surface area contributed by atoms with Crippen molar-refractivity contribution in [1.29, 1.82) is 0 Å². The van der Waals surface area contributed by atoms with Crippen LogP contribution >= 0.6 is 0 Å². The minimum Gasteiger partial charge on any atom is -0.493 e. The fourth-order valence-corrected chi connectivity index (χ4v) is 3.22. The van der Waals surface area contributed by atoms with Crippen LogP contribution < -0.4 is 19.5 Å². The second kappa shape index (κ2) is 8.60. The van der Waals surface area contributed by atoms with E-state index in [4.69, 9.17) is 9.47 Å². The van der Waals surface area contributed by atoms with Gasteiger partial charge in [-0.15, -0.1) is 13.2 Å². The number of carbonyl (C=O) groups excluding carboxylic acids is 1. The van der Waals surface area contributed by atoms with Crippen molar-refractivity contribution in [2.75, 3.05) is 32.6 Å². The van der Waals surface area contributed by atoms with Crippen LogP contribution in [0.3, 0.4) is 0 Å². The lowest BCUT2D eigenvalue weighted by Gasteiger charge is -2.29. The molecule has 0 spiro atoms. The number of nitrogens with one attached hydrogen (secondary N) is 1. The van der Waals surface area contributed by atoms with Crippen molar-refractivity contribution in [3.8, 4) is 17.2 Å². The first kappa shape index (κ1) is 20.8. The summed E-state index contributed by atoms with van der Waals surface area (Å²) in [5, 5.41) is 2.68. The summed E-state index contributed by atoms with van der Waals surface area (Å²) >= 11 is 0. The van der Waals surface area contributed by atoms with E-state index in [0.717, 1.165) is 29.7 Å². The molecule has 0 fully saturated rings. The highest BCUT2D eigenvalue weighted by molar-refractivity contribution is 5.92. The Morgan fingerprint density at radius 2 is 1.69 bits per heavy atom. The fraction of sp³-hybridized carbons (Fsp3) is 0.350. The van der Waals surface area contributed by atoms with Crippen LogP contribution in [0.2, 0.25) is 0 Å². The van der Waals surface area contributed by atoms with Gasteiger partial charge in [0.15, 0.2) is 11.5 Å². The highest BCUT2D eigenvalue weighted by Gasteiger charge is 2.31. The Bertz CT molecular complexity index is 869. The summed E-state index contributed by atoms with van der Waals surface area (Å²) in [7, 11) is 3.16. The van der Waals surface area contributed by atoms with E-state index in [0.29, 0.717) is 30.3 Å². The maximum absolute atomic E-state index is 12.3. The molecule has 6 nitrogen and oxygen atoms in total. The summed E-state index contributed by atoms with van der Waals surface area (Å²) in [6.45, 7) is 1.45. The standard InChI is InChI=1S/C20H21F3N2O4/c1-27-17-9-13-7-8-25(11-14(13)10-18(17)28-2)12-19(26)24-15-3-5-16(6-4-15)29-20(21,22)23/h3-6,9-10H,7-8,11-12H2,1-2H3,(H,24,26). The number of carbonyl (C=O) groups is 1. The van der Waals surface area contributed by atoms with Crippen molar-refractivity contribution in [2.24, 2.45) is 0 Å². The van der Waals surface area contributed by atoms with Gasteiger partial charge in [0.1, 0.15) is 5.75 Å². The van der Waals surface area contributed by atoms with Crippen molar-refractivity contribution < 1.29 is 32.2 Å². The number of anilines is 1. The molecule has 0 atom stereocenters. The number of hydrogen-bond donors (Lipinski definition) is 1. The van der Waals surface area contributed by atoms with Crippen LogP contribution in [0.5, 0.6) is 17.2 Å². The smallest absolute Gasteiger partial charge is 0.493 e. The molecule has 1 N–H and O–H groups in total. The zero-order chi connectivity index (χ0) is 21.0. The molecule has 1 aliphatic heterocycles. The van der Waals surface area contributed by atoms with E-state index in [1.54, 1.807) is 14.2 Å². The predicted molar refractivity (Wildman–Crippen MR) is 100 cm³/mol. The molecule has 0 aromatic heterocycles. The summed E-state index contributed by atoms with van der Waals surface area (Å²) < 4.78 is 51.1. The van der Waals surface area contributed by atoms with Gasteiger partial charge in [-0.05, 0) is 53.9 Å². The highest BCUT2D eigenvalue weighted by Crippen LogP contribution is 2.33. The quantitative estimate of drug-likeness (QED) is 0.789. The van der Waals surface area contributed by atoms with Gasteiger partial charge >= 0.3 is 6.36 Å². The highest BCUT2D eigenvalue weighted by atomic mass is 19.4. The molecule has 1 aliphatic rings. The number of fused-ring (bicyclic) bond motifs is 1. The molecule has 9 heteroatoms. The van der Waals surface area contributed by atoms with Gasteiger partial charge in [-0.1, -0.05) is 0 Å². The second-order valence-corrected chi connectivity index (χ2v) is 6.56. The van der Waals surface area contributed by atoms with E-state index in [-0.39, 0.29) is 18.2 Å². The number of amides is 1. The molecule has 0 aliphatic carbocycles. The minimum absolute atomic E-state index is 0.161. The SMILES string of the molecule is COc1cc2c(cc1OC)CN(CC(=O)Nc1ccc(OC(F)(F)F)cc1)CC2. The van der Waals surface area contributed by atoms with E-state index in [9.17, 15) is 18.0 Å². The first-order valence-electron chi connectivity index (χ1n) is 8.89. The number of benzene rings is 2. The number of rotatable bonds is 6. The van der Waals surface area contributed by atoms with Crippen LogP contribution in [0.15, 0.2) is 36.4 Å². The van der Waals surface area contributed by atoms with E-state index >= 15 is 0 Å². The molecule has 0 bridgehead atoms. The van der Waals surface area contributed by atoms with Gasteiger partial charge in [-0.3, -0.25) is 9.69 Å². The number of ether oxygens (including phenoxy) is 3. The van der Waals surface area contributed by atoms with Crippen molar-refractivity contribution in [2.45, 2.75) is 19.3 Å². The van der Waals surface area contributed by atoms with Crippen LogP contribution in [-0.2, 0) is 17.8 Å². The molecule has 0 radical (unpaired) electrons. The third-order valence-electron chi connectivity index (χ3n) is 4.54. The first-order valence-corrected chi connectivity index (χ1v) is 8.89. The summed E-state index contributed by atoms with van der Waals surface area (Å²) in [6, 6.07) is 8.90. The van der Waals surface area contributed by atoms with Gasteiger partial charge in [0.2, 0.25) is 5.91 Å². The molecule has 156 valence electrons. The van der Waals surface area contributed by atoms with Gasteiger partial charge in [-0.25, -0.2) is 0 Å². The van der Waals surface area contributed by atoms with Gasteiger partial charge in [0.05, 0.1) is 20.8 Å². The molecule has 2 aromatic carbocycles. The van der Waals surface area contributed by atoms with Crippen LogP contribution in [-0.4, -0.2) is 44.5 Å². The predicted octanol–water partition coefficient (Wildman–Crippen LogP) is 3.60. The number of hydrogen-bond acceptors (Lipinski definition) is 5. The molecule has 3 rings (SSSR count). The molecule has 0 unspecified atom stereocenters. The fourth-order valence-electron chi connectivity index (χ4n) is 3.22. The molecule has 1 amide bonds. The molecule has 0 saturated carbocycles. The maximum Gasteiger partial charge on any atom is 0.573 e. The maximum atomic E-state index is 12.3. The lowest BCUT2D eigenvalue weighted by Crippen LogP contribution is -2.37. The first-order chi connectivity index (χ1) is 13.8. The van der Waals surface area contributed by atoms with Gasteiger partial charge in [-0.2, -0.15) is 0 Å². The number of halogens is 3. The number of alkyl halides is 3. The number of methoxy groups -OCH3 is 2. The summed E-state index contributed by atoms with van der Waals surface area (Å²) in [5.74, 6) is 0.722. The average Bonchev–Trinajstić information content (AvgIpc) is 2.67. The molecular weight excluding hydrogens is 389 g/mol. The third kappa shape index (κ3) is 5.54. The van der Waals surface area contributed by atoms with Gasteiger partial charge < -0.3 is 19.5 Å². The molecule has 0 saturated heterocycles. The molecule has 29 heavy (non-hydrogen) atoms. The Morgan fingerprint density at radius 1 is 1.07 bits per heavy atom. The minimum atomic E-state index is -4.75. The van der Waals surface area contributed by atoms with E-state index in [1.807, 2.05) is 17.0 Å². The van der Waals surface area contributed by atoms with Crippen molar-refractivity contribution in [3.63, 3.8) is 0 Å². The Morgan fingerprint density at radius 3 is 2.28 bits per heavy atom. The Hall–Kier alpha value is -2.94. The van der Waals surface area contributed by atoms with Crippen molar-refractivity contribution in [1.82, 2.24) is 4.90 Å². The third-order valence-corrected chi connectivity index (χ3v) is 4.54. The van der Waals surface area contributed by atoms with Crippen LogP contribution in [0, 0.1) is 0 Å². The lowest BCUT2D eigenvalue weighted by molar-refractivity contribution is -0.274. The second-order valence-electron chi connectivity index (χ2n) is 6.56. The van der Waals surface area contributed by atoms with Crippen molar-refractivity contribution in [3.05, 3.63) is 47.5 Å². The zero-order valence-corrected chi connectivity index (χ0v) is 16.0. The Kier molecular flexibility index (Phi) is 6.17. The Labute approximate surface area is 166 Å². The summed E-state index contributed by atoms with van der Waals surface area (Å²) in [6.07, 6.45) is -3.98. The Balaban J connectivity index is 1.58. The number of nitrogens with zero attached hydrogens (tertiary/aromatic N) is 1. The summed E-state index contributed by atoms with van der Waals surface area (Å²) in [5.41, 5.74) is 2.61. The monoisotopic (exact) mass is 410 g/mol. The summed E-state index contributed by atoms with van der Waals surface area (Å²) in [4.78, 5) is 14.3. The molecule has 2 aromatic rings. The van der Waals surface area contributed by atoms with Gasteiger partial charge in [0, 0.05) is 18.8 Å². The van der Waals surface area contributed by atoms with E-state index in [2.05, 4.69) is 10.1 Å². The van der Waals surface area contributed by atoms with Crippen molar-refractivity contribution >= 4 is 11.6 Å². The average molecular weight is 410 g/mol.